The Bertz CT molecular complexity index is 1060. The van der Waals surface area contributed by atoms with Crippen molar-refractivity contribution in [1.82, 2.24) is 4.72 Å². The van der Waals surface area contributed by atoms with E-state index >= 15 is 0 Å². The van der Waals surface area contributed by atoms with Crippen LogP contribution in [-0.4, -0.2) is 20.0 Å². The summed E-state index contributed by atoms with van der Waals surface area (Å²) in [5, 5.41) is 5.53. The Hall–Kier alpha value is -2.38. The maximum absolute atomic E-state index is 13.1. The number of urea groups is 1. The molecule has 0 heterocycles. The van der Waals surface area contributed by atoms with Crippen LogP contribution in [0.25, 0.3) is 0 Å². The van der Waals surface area contributed by atoms with Gasteiger partial charge in [-0.2, -0.15) is 0 Å². The van der Waals surface area contributed by atoms with Crippen molar-refractivity contribution in [3.8, 4) is 0 Å². The fourth-order valence-electron chi connectivity index (χ4n) is 6.31. The summed E-state index contributed by atoms with van der Waals surface area (Å²) >= 11 is 0. The molecule has 0 atom stereocenters. The van der Waals surface area contributed by atoms with Crippen molar-refractivity contribution < 1.29 is 13.2 Å². The zero-order valence-electron chi connectivity index (χ0n) is 17.7. The van der Waals surface area contributed by atoms with Crippen molar-refractivity contribution in [2.45, 2.75) is 55.9 Å². The van der Waals surface area contributed by atoms with Gasteiger partial charge < -0.3 is 10.6 Å². The second-order valence-corrected chi connectivity index (χ2v) is 11.5. The number of amides is 2. The van der Waals surface area contributed by atoms with E-state index in [9.17, 15) is 13.2 Å². The Kier molecular flexibility index (Phi) is 5.06. The lowest BCUT2D eigenvalue weighted by atomic mass is 9.53. The second-order valence-electron chi connectivity index (χ2n) is 9.78. The predicted molar refractivity (Wildman–Crippen MR) is 121 cm³/mol. The SMILES string of the molecule is Cc1cccc(NC(=O)Nc2ccc(S(=O)(=O)NC34CC5CC(CC(C5)C3)C4)cc2)c1. The molecule has 0 aromatic heterocycles. The normalized spacial score (nSPS) is 29.0. The smallest absolute Gasteiger partial charge is 0.308 e. The molecular formula is C24H29N3O3S. The summed E-state index contributed by atoms with van der Waals surface area (Å²) in [4.78, 5) is 12.5. The molecule has 6 nitrogen and oxygen atoms in total. The number of carbonyl (C=O) groups is 1. The predicted octanol–water partition coefficient (Wildman–Crippen LogP) is 4.89. The largest absolute Gasteiger partial charge is 0.323 e. The van der Waals surface area contributed by atoms with E-state index in [2.05, 4.69) is 15.4 Å². The molecular weight excluding hydrogens is 410 g/mol. The van der Waals surface area contributed by atoms with Crippen LogP contribution in [0.4, 0.5) is 16.2 Å². The highest BCUT2D eigenvalue weighted by Gasteiger charge is 2.52. The number of anilines is 2. The molecule has 4 aliphatic carbocycles. The highest BCUT2D eigenvalue weighted by atomic mass is 32.2. The lowest BCUT2D eigenvalue weighted by Crippen LogP contribution is -2.59. The number of rotatable bonds is 5. The molecule has 3 N–H and O–H groups in total. The van der Waals surface area contributed by atoms with Gasteiger partial charge in [0.2, 0.25) is 10.0 Å². The molecule has 6 rings (SSSR count). The molecule has 2 aromatic carbocycles. The number of nitrogens with one attached hydrogen (secondary N) is 3. The van der Waals surface area contributed by atoms with Gasteiger partial charge in [0, 0.05) is 16.9 Å². The monoisotopic (exact) mass is 439 g/mol. The van der Waals surface area contributed by atoms with Crippen LogP contribution in [0.2, 0.25) is 0 Å². The zero-order chi connectivity index (χ0) is 21.6. The molecule has 164 valence electrons. The van der Waals surface area contributed by atoms with Gasteiger partial charge in [-0.25, -0.2) is 17.9 Å². The van der Waals surface area contributed by atoms with Crippen LogP contribution in [0.15, 0.2) is 53.4 Å². The Morgan fingerprint density at radius 1 is 0.871 bits per heavy atom. The third-order valence-corrected chi connectivity index (χ3v) is 8.68. The highest BCUT2D eigenvalue weighted by Crippen LogP contribution is 2.55. The van der Waals surface area contributed by atoms with Gasteiger partial charge in [0.15, 0.2) is 0 Å². The van der Waals surface area contributed by atoms with Gasteiger partial charge in [0.1, 0.15) is 0 Å². The second kappa shape index (κ2) is 7.64. The van der Waals surface area contributed by atoms with Gasteiger partial charge in [-0.3, -0.25) is 0 Å². The molecule has 0 unspecified atom stereocenters. The molecule has 31 heavy (non-hydrogen) atoms. The minimum absolute atomic E-state index is 0.243. The third kappa shape index (κ3) is 4.34. The zero-order valence-corrected chi connectivity index (χ0v) is 18.5. The van der Waals surface area contributed by atoms with Gasteiger partial charge in [-0.15, -0.1) is 0 Å². The lowest BCUT2D eigenvalue weighted by Gasteiger charge is -2.56. The Balaban J connectivity index is 1.24. The maximum Gasteiger partial charge on any atom is 0.323 e. The van der Waals surface area contributed by atoms with E-state index in [4.69, 9.17) is 0 Å². The minimum atomic E-state index is -3.60. The summed E-state index contributed by atoms with van der Waals surface area (Å²) in [7, 11) is -3.60. The molecule has 0 radical (unpaired) electrons. The fraction of sp³-hybridized carbons (Fsp3) is 0.458. The van der Waals surface area contributed by atoms with Gasteiger partial charge >= 0.3 is 6.03 Å². The average molecular weight is 440 g/mol. The van der Waals surface area contributed by atoms with Gasteiger partial charge in [0.25, 0.3) is 0 Å². The molecule has 4 saturated carbocycles. The quantitative estimate of drug-likeness (QED) is 0.620. The van der Waals surface area contributed by atoms with Crippen LogP contribution in [-0.2, 0) is 10.0 Å². The van der Waals surface area contributed by atoms with E-state index < -0.39 is 10.0 Å². The molecule has 7 heteroatoms. The van der Waals surface area contributed by atoms with E-state index in [1.807, 2.05) is 31.2 Å². The first-order valence-corrected chi connectivity index (χ1v) is 12.6. The van der Waals surface area contributed by atoms with Crippen LogP contribution >= 0.6 is 0 Å². The summed E-state index contributed by atoms with van der Waals surface area (Å²) in [6.45, 7) is 1.96. The standard InChI is InChI=1S/C24H29N3O3S/c1-16-3-2-4-21(9-16)26-23(28)25-20-5-7-22(8-6-20)31(29,30)27-24-13-17-10-18(14-24)12-19(11-17)15-24/h2-9,17-19,27H,10-15H2,1H3,(H2,25,26,28). The van der Waals surface area contributed by atoms with Crippen LogP contribution in [0, 0.1) is 24.7 Å². The first kappa shape index (κ1) is 20.5. The van der Waals surface area contributed by atoms with Crippen LogP contribution in [0.3, 0.4) is 0 Å². The van der Waals surface area contributed by atoms with Crippen molar-refractivity contribution in [2.75, 3.05) is 10.6 Å². The van der Waals surface area contributed by atoms with Crippen molar-refractivity contribution in [2.24, 2.45) is 17.8 Å². The van der Waals surface area contributed by atoms with Crippen LogP contribution in [0.5, 0.6) is 0 Å². The van der Waals surface area contributed by atoms with Gasteiger partial charge in [-0.1, -0.05) is 12.1 Å². The van der Waals surface area contributed by atoms with Crippen molar-refractivity contribution >= 4 is 27.4 Å². The molecule has 0 spiro atoms. The highest BCUT2D eigenvalue weighted by molar-refractivity contribution is 7.89. The van der Waals surface area contributed by atoms with E-state index in [0.717, 1.165) is 24.8 Å². The number of carbonyl (C=O) groups excluding carboxylic acids is 1. The van der Waals surface area contributed by atoms with E-state index in [0.29, 0.717) is 29.1 Å². The molecule has 4 aliphatic rings. The molecule has 0 aliphatic heterocycles. The maximum atomic E-state index is 13.1. The summed E-state index contributed by atoms with van der Waals surface area (Å²) < 4.78 is 29.3. The first-order chi connectivity index (χ1) is 14.8. The van der Waals surface area contributed by atoms with Crippen molar-refractivity contribution in [1.29, 1.82) is 0 Å². The lowest BCUT2D eigenvalue weighted by molar-refractivity contribution is -0.00810. The summed E-state index contributed by atoms with van der Waals surface area (Å²) in [6, 6.07) is 13.5. The number of hydrogen-bond acceptors (Lipinski definition) is 3. The van der Waals surface area contributed by atoms with E-state index in [-0.39, 0.29) is 16.5 Å². The molecule has 2 aromatic rings. The molecule has 4 fully saturated rings. The third-order valence-electron chi connectivity index (χ3n) is 7.09. The minimum Gasteiger partial charge on any atom is -0.308 e. The molecule has 2 amide bonds. The first-order valence-electron chi connectivity index (χ1n) is 11.1. The topological polar surface area (TPSA) is 87.3 Å². The van der Waals surface area contributed by atoms with Gasteiger partial charge in [-0.05, 0) is 105 Å². The number of aryl methyl sites for hydroxylation is 1. The van der Waals surface area contributed by atoms with Crippen LogP contribution < -0.4 is 15.4 Å². The Morgan fingerprint density at radius 2 is 1.45 bits per heavy atom. The Labute approximate surface area is 183 Å². The summed E-state index contributed by atoms with van der Waals surface area (Å²) in [5.41, 5.74) is 2.03. The van der Waals surface area contributed by atoms with E-state index in [1.54, 1.807) is 24.3 Å². The number of hydrogen-bond donors (Lipinski definition) is 3. The van der Waals surface area contributed by atoms with Crippen LogP contribution in [0.1, 0.15) is 44.1 Å². The summed E-state index contributed by atoms with van der Waals surface area (Å²) in [5.74, 6) is 2.02. The van der Waals surface area contributed by atoms with E-state index in [1.165, 1.54) is 19.3 Å². The number of benzene rings is 2. The average Bonchev–Trinajstić information content (AvgIpc) is 2.66. The van der Waals surface area contributed by atoms with Crippen molar-refractivity contribution in [3.05, 3.63) is 54.1 Å². The molecule has 0 saturated heterocycles. The Morgan fingerprint density at radius 3 is 2.03 bits per heavy atom. The number of sulfonamides is 1. The van der Waals surface area contributed by atoms with Gasteiger partial charge in [0.05, 0.1) is 4.90 Å². The van der Waals surface area contributed by atoms with Crippen molar-refractivity contribution in [3.63, 3.8) is 0 Å². The fourth-order valence-corrected chi connectivity index (χ4v) is 7.75. The molecule has 4 bridgehead atoms. The summed E-state index contributed by atoms with van der Waals surface area (Å²) in [6.07, 6.45) is 6.72.